The van der Waals surface area contributed by atoms with Gasteiger partial charge in [0.05, 0.1) is 12.2 Å². The number of benzene rings is 1. The van der Waals surface area contributed by atoms with Crippen molar-refractivity contribution in [2.75, 3.05) is 6.61 Å². The van der Waals surface area contributed by atoms with Crippen molar-refractivity contribution < 1.29 is 27.8 Å². The molecule has 0 bridgehead atoms. The Hall–Kier alpha value is -1.72. The van der Waals surface area contributed by atoms with E-state index in [2.05, 4.69) is 0 Å². The number of carboxylic acid groups (broad SMARTS) is 1. The minimum Gasteiger partial charge on any atom is -0.492 e. The first-order valence-electron chi connectivity index (χ1n) is 5.45. The van der Waals surface area contributed by atoms with Crippen LogP contribution < -0.4 is 4.74 Å². The molecule has 0 aromatic heterocycles. The molecule has 1 N–H and O–H groups in total. The number of carbonyl (C=O) groups is 1. The van der Waals surface area contributed by atoms with Gasteiger partial charge in [-0.1, -0.05) is 0 Å². The first-order chi connectivity index (χ1) is 8.38. The van der Waals surface area contributed by atoms with Crippen molar-refractivity contribution in [3.63, 3.8) is 0 Å². The number of rotatable bonds is 4. The molecule has 0 heterocycles. The van der Waals surface area contributed by atoms with E-state index < -0.39 is 23.3 Å². The Labute approximate surface area is 101 Å². The van der Waals surface area contributed by atoms with Gasteiger partial charge in [-0.3, -0.25) is 0 Å². The first-order valence-corrected chi connectivity index (χ1v) is 5.45. The first kappa shape index (κ1) is 12.7. The number of ether oxygens (including phenoxy) is 1. The standard InChI is InChI=1S/C12H11F3O3/c13-12(14,15)8-3-4-10(9(5-8)11(16)17)18-6-7-1-2-7/h3-5,7H,1-2,6H2,(H,16,17). The van der Waals surface area contributed by atoms with Gasteiger partial charge in [0.25, 0.3) is 0 Å². The highest BCUT2D eigenvalue weighted by Gasteiger charge is 2.32. The summed E-state index contributed by atoms with van der Waals surface area (Å²) < 4.78 is 42.6. The van der Waals surface area contributed by atoms with E-state index in [0.29, 0.717) is 18.6 Å². The van der Waals surface area contributed by atoms with Gasteiger partial charge in [0.1, 0.15) is 11.3 Å². The van der Waals surface area contributed by atoms with Crippen LogP contribution in [0, 0.1) is 5.92 Å². The minimum absolute atomic E-state index is 0.0117. The van der Waals surface area contributed by atoms with Crippen LogP contribution >= 0.6 is 0 Å². The van der Waals surface area contributed by atoms with Crippen LogP contribution in [-0.4, -0.2) is 17.7 Å². The van der Waals surface area contributed by atoms with Crippen LogP contribution in [0.2, 0.25) is 0 Å². The molecule has 0 aliphatic heterocycles. The SMILES string of the molecule is O=C(O)c1cc(C(F)(F)F)ccc1OCC1CC1. The van der Waals surface area contributed by atoms with E-state index in [1.54, 1.807) is 0 Å². The Morgan fingerprint density at radius 2 is 2.06 bits per heavy atom. The average Bonchev–Trinajstić information content (AvgIpc) is 3.08. The molecule has 1 fully saturated rings. The van der Waals surface area contributed by atoms with E-state index in [4.69, 9.17) is 9.84 Å². The fourth-order valence-corrected chi connectivity index (χ4v) is 1.49. The molecule has 0 spiro atoms. The second-order valence-electron chi connectivity index (χ2n) is 4.27. The van der Waals surface area contributed by atoms with Crippen molar-refractivity contribution in [3.8, 4) is 5.75 Å². The van der Waals surface area contributed by atoms with Gasteiger partial charge in [-0.15, -0.1) is 0 Å². The van der Waals surface area contributed by atoms with Crippen LogP contribution in [0.1, 0.15) is 28.8 Å². The normalized spacial score (nSPS) is 15.5. The van der Waals surface area contributed by atoms with Crippen molar-refractivity contribution in [2.24, 2.45) is 5.92 Å². The largest absolute Gasteiger partial charge is 0.492 e. The van der Waals surface area contributed by atoms with Gasteiger partial charge in [-0.2, -0.15) is 13.2 Å². The Morgan fingerprint density at radius 3 is 2.56 bits per heavy atom. The lowest BCUT2D eigenvalue weighted by atomic mass is 10.1. The quantitative estimate of drug-likeness (QED) is 0.904. The summed E-state index contributed by atoms with van der Waals surface area (Å²) >= 11 is 0. The molecule has 2 rings (SSSR count). The summed E-state index contributed by atoms with van der Waals surface area (Å²) in [6.07, 6.45) is -2.52. The molecule has 6 heteroatoms. The van der Waals surface area contributed by atoms with Gasteiger partial charge in [0.15, 0.2) is 0 Å². The predicted octanol–water partition coefficient (Wildman–Crippen LogP) is 3.19. The van der Waals surface area contributed by atoms with E-state index in [-0.39, 0.29) is 5.75 Å². The van der Waals surface area contributed by atoms with Crippen molar-refractivity contribution in [2.45, 2.75) is 19.0 Å². The van der Waals surface area contributed by atoms with Crippen LogP contribution in [0.15, 0.2) is 18.2 Å². The van der Waals surface area contributed by atoms with Gasteiger partial charge < -0.3 is 9.84 Å². The van der Waals surface area contributed by atoms with Crippen molar-refractivity contribution in [3.05, 3.63) is 29.3 Å². The fourth-order valence-electron chi connectivity index (χ4n) is 1.49. The molecule has 98 valence electrons. The maximum Gasteiger partial charge on any atom is 0.416 e. The van der Waals surface area contributed by atoms with Crippen LogP contribution in [-0.2, 0) is 6.18 Å². The number of halogens is 3. The highest BCUT2D eigenvalue weighted by atomic mass is 19.4. The number of hydrogen-bond donors (Lipinski definition) is 1. The summed E-state index contributed by atoms with van der Waals surface area (Å²) in [4.78, 5) is 10.9. The zero-order valence-corrected chi connectivity index (χ0v) is 9.33. The summed E-state index contributed by atoms with van der Waals surface area (Å²) in [7, 11) is 0. The lowest BCUT2D eigenvalue weighted by molar-refractivity contribution is -0.137. The lowest BCUT2D eigenvalue weighted by Crippen LogP contribution is -2.10. The Kier molecular flexibility index (Phi) is 3.19. The molecule has 0 atom stereocenters. The van der Waals surface area contributed by atoms with Crippen LogP contribution in [0.5, 0.6) is 5.75 Å². The topological polar surface area (TPSA) is 46.5 Å². The smallest absolute Gasteiger partial charge is 0.416 e. The second kappa shape index (κ2) is 4.51. The summed E-state index contributed by atoms with van der Waals surface area (Å²) in [6, 6.07) is 2.49. The molecule has 1 aliphatic carbocycles. The summed E-state index contributed by atoms with van der Waals surface area (Å²) in [5, 5.41) is 8.89. The molecule has 18 heavy (non-hydrogen) atoms. The third-order valence-electron chi connectivity index (χ3n) is 2.71. The third-order valence-corrected chi connectivity index (χ3v) is 2.71. The number of hydrogen-bond acceptors (Lipinski definition) is 2. The fraction of sp³-hybridized carbons (Fsp3) is 0.417. The zero-order valence-electron chi connectivity index (χ0n) is 9.33. The Bertz CT molecular complexity index is 464. The van der Waals surface area contributed by atoms with Gasteiger partial charge in [0, 0.05) is 0 Å². The molecule has 0 unspecified atom stereocenters. The molecular weight excluding hydrogens is 249 g/mol. The number of carboxylic acids is 1. The van der Waals surface area contributed by atoms with Crippen LogP contribution in [0.3, 0.4) is 0 Å². The van der Waals surface area contributed by atoms with E-state index in [0.717, 1.165) is 25.0 Å². The molecule has 1 aromatic carbocycles. The summed E-state index contributed by atoms with van der Waals surface area (Å²) in [5.41, 5.74) is -1.44. The van der Waals surface area contributed by atoms with Gasteiger partial charge in [-0.05, 0) is 37.0 Å². The minimum atomic E-state index is -4.56. The summed E-state index contributed by atoms with van der Waals surface area (Å²) in [6.45, 7) is 0.353. The Balaban J connectivity index is 2.25. The maximum atomic E-state index is 12.5. The van der Waals surface area contributed by atoms with Crippen molar-refractivity contribution in [1.82, 2.24) is 0 Å². The molecule has 3 nitrogen and oxygen atoms in total. The molecule has 0 amide bonds. The number of alkyl halides is 3. The molecule has 1 aromatic rings. The van der Waals surface area contributed by atoms with Crippen molar-refractivity contribution >= 4 is 5.97 Å². The molecular formula is C12H11F3O3. The lowest BCUT2D eigenvalue weighted by Gasteiger charge is -2.12. The van der Waals surface area contributed by atoms with Gasteiger partial charge in [0.2, 0.25) is 0 Å². The Morgan fingerprint density at radius 1 is 1.39 bits per heavy atom. The zero-order chi connectivity index (χ0) is 13.3. The molecule has 1 aliphatic rings. The molecule has 0 radical (unpaired) electrons. The average molecular weight is 260 g/mol. The second-order valence-corrected chi connectivity index (χ2v) is 4.27. The van der Waals surface area contributed by atoms with E-state index in [1.165, 1.54) is 0 Å². The predicted molar refractivity (Wildman–Crippen MR) is 56.6 cm³/mol. The van der Waals surface area contributed by atoms with Gasteiger partial charge >= 0.3 is 12.1 Å². The highest BCUT2D eigenvalue weighted by Crippen LogP contribution is 2.34. The maximum absolute atomic E-state index is 12.5. The monoisotopic (exact) mass is 260 g/mol. The van der Waals surface area contributed by atoms with Crippen molar-refractivity contribution in [1.29, 1.82) is 0 Å². The summed E-state index contributed by atoms with van der Waals surface area (Å²) in [5.74, 6) is -1.04. The van der Waals surface area contributed by atoms with Gasteiger partial charge in [-0.25, -0.2) is 4.79 Å². The van der Waals surface area contributed by atoms with Crippen LogP contribution in [0.4, 0.5) is 13.2 Å². The van der Waals surface area contributed by atoms with E-state index >= 15 is 0 Å². The molecule has 1 saturated carbocycles. The highest BCUT2D eigenvalue weighted by molar-refractivity contribution is 5.91. The third kappa shape index (κ3) is 2.94. The van der Waals surface area contributed by atoms with Crippen LogP contribution in [0.25, 0.3) is 0 Å². The molecule has 0 saturated heterocycles. The van der Waals surface area contributed by atoms with E-state index in [1.807, 2.05) is 0 Å². The number of aromatic carboxylic acids is 1. The van der Waals surface area contributed by atoms with E-state index in [9.17, 15) is 18.0 Å².